The third-order valence-electron chi connectivity index (χ3n) is 4.12. The van der Waals surface area contributed by atoms with Crippen LogP contribution in [0.25, 0.3) is 0 Å². The molecule has 1 N–H and O–H groups in total. The van der Waals surface area contributed by atoms with Gasteiger partial charge in [-0.3, -0.25) is 0 Å². The van der Waals surface area contributed by atoms with Crippen molar-refractivity contribution < 1.29 is 4.74 Å². The lowest BCUT2D eigenvalue weighted by Gasteiger charge is -2.12. The Kier molecular flexibility index (Phi) is 5.62. The van der Waals surface area contributed by atoms with Crippen molar-refractivity contribution in [1.82, 2.24) is 0 Å². The summed E-state index contributed by atoms with van der Waals surface area (Å²) in [6.45, 7) is 5.45. The Balaban J connectivity index is 1.62. The molecule has 0 radical (unpaired) electrons. The van der Waals surface area contributed by atoms with Gasteiger partial charge in [-0.15, -0.1) is 0 Å². The zero-order chi connectivity index (χ0) is 17.6. The van der Waals surface area contributed by atoms with Crippen LogP contribution < -0.4 is 10.1 Å². The Bertz CT molecular complexity index is 860. The molecule has 0 unspecified atom stereocenters. The second-order valence-electron chi connectivity index (χ2n) is 6.20. The Morgan fingerprint density at radius 1 is 0.920 bits per heavy atom. The first kappa shape index (κ1) is 17.4. The summed E-state index contributed by atoms with van der Waals surface area (Å²) < 4.78 is 5.89. The van der Waals surface area contributed by atoms with Crippen molar-refractivity contribution in [3.8, 4) is 5.75 Å². The van der Waals surface area contributed by atoms with Gasteiger partial charge in [-0.2, -0.15) is 0 Å². The standard InChI is InChI=1S/C22H22ClNO/c1-16-10-11-22(17(2)12-16)24-14-18-6-5-8-20(13-18)25-15-19-7-3-4-9-21(19)23/h3-13,24H,14-15H2,1-2H3. The van der Waals surface area contributed by atoms with Crippen molar-refractivity contribution in [2.24, 2.45) is 0 Å². The number of ether oxygens (including phenoxy) is 1. The molecule has 0 atom stereocenters. The molecular formula is C22H22ClNO. The van der Waals surface area contributed by atoms with Crippen LogP contribution in [0.2, 0.25) is 5.02 Å². The fourth-order valence-corrected chi connectivity index (χ4v) is 2.92. The van der Waals surface area contributed by atoms with E-state index >= 15 is 0 Å². The van der Waals surface area contributed by atoms with Gasteiger partial charge < -0.3 is 10.1 Å². The highest BCUT2D eigenvalue weighted by Crippen LogP contribution is 2.21. The molecule has 0 saturated carbocycles. The van der Waals surface area contributed by atoms with Crippen LogP contribution in [-0.2, 0) is 13.2 Å². The van der Waals surface area contributed by atoms with Crippen LogP contribution in [-0.4, -0.2) is 0 Å². The number of rotatable bonds is 6. The van der Waals surface area contributed by atoms with Crippen molar-refractivity contribution in [2.45, 2.75) is 27.0 Å². The molecule has 0 bridgehead atoms. The quantitative estimate of drug-likeness (QED) is 0.575. The summed E-state index contributed by atoms with van der Waals surface area (Å²) in [5, 5.41) is 4.22. The summed E-state index contributed by atoms with van der Waals surface area (Å²) in [7, 11) is 0. The van der Waals surface area contributed by atoms with E-state index in [0.717, 1.165) is 28.6 Å². The van der Waals surface area contributed by atoms with Crippen LogP contribution in [0.4, 0.5) is 5.69 Å². The van der Waals surface area contributed by atoms with E-state index in [-0.39, 0.29) is 0 Å². The molecular weight excluding hydrogens is 330 g/mol. The van der Waals surface area contributed by atoms with Gasteiger partial charge in [0.2, 0.25) is 0 Å². The number of hydrogen-bond acceptors (Lipinski definition) is 2. The summed E-state index contributed by atoms with van der Waals surface area (Å²) in [5.74, 6) is 0.847. The molecule has 0 spiro atoms. The summed E-state index contributed by atoms with van der Waals surface area (Å²) >= 11 is 6.18. The van der Waals surface area contributed by atoms with Crippen LogP contribution in [0.5, 0.6) is 5.75 Å². The molecule has 128 valence electrons. The van der Waals surface area contributed by atoms with Gasteiger partial charge in [-0.05, 0) is 49.2 Å². The minimum atomic E-state index is 0.466. The van der Waals surface area contributed by atoms with Gasteiger partial charge in [-0.25, -0.2) is 0 Å². The molecule has 0 heterocycles. The molecule has 0 aliphatic carbocycles. The zero-order valence-corrected chi connectivity index (χ0v) is 15.3. The minimum Gasteiger partial charge on any atom is -0.489 e. The molecule has 3 heteroatoms. The van der Waals surface area contributed by atoms with Crippen LogP contribution in [0.3, 0.4) is 0 Å². The average Bonchev–Trinajstić information content (AvgIpc) is 2.61. The second-order valence-corrected chi connectivity index (χ2v) is 6.61. The van der Waals surface area contributed by atoms with Crippen molar-refractivity contribution >= 4 is 17.3 Å². The summed E-state index contributed by atoms with van der Waals surface area (Å²) in [5.41, 5.74) is 5.86. The Morgan fingerprint density at radius 3 is 2.56 bits per heavy atom. The Morgan fingerprint density at radius 2 is 1.76 bits per heavy atom. The van der Waals surface area contributed by atoms with Crippen LogP contribution in [0.1, 0.15) is 22.3 Å². The van der Waals surface area contributed by atoms with Crippen LogP contribution in [0, 0.1) is 13.8 Å². The minimum absolute atomic E-state index is 0.466. The normalized spacial score (nSPS) is 10.5. The van der Waals surface area contributed by atoms with Crippen LogP contribution in [0.15, 0.2) is 66.7 Å². The smallest absolute Gasteiger partial charge is 0.120 e. The van der Waals surface area contributed by atoms with E-state index in [0.29, 0.717) is 6.61 Å². The molecule has 0 amide bonds. The lowest BCUT2D eigenvalue weighted by atomic mass is 10.1. The molecule has 3 aromatic carbocycles. The summed E-state index contributed by atoms with van der Waals surface area (Å²) in [6.07, 6.45) is 0. The summed E-state index contributed by atoms with van der Waals surface area (Å²) in [6, 6.07) is 22.3. The number of anilines is 1. The van der Waals surface area contributed by atoms with Crippen molar-refractivity contribution in [3.63, 3.8) is 0 Å². The maximum Gasteiger partial charge on any atom is 0.120 e. The van der Waals surface area contributed by atoms with Gasteiger partial charge in [0, 0.05) is 22.8 Å². The predicted molar refractivity (Wildman–Crippen MR) is 105 cm³/mol. The van der Waals surface area contributed by atoms with E-state index in [9.17, 15) is 0 Å². The topological polar surface area (TPSA) is 21.3 Å². The second kappa shape index (κ2) is 8.09. The molecule has 0 fully saturated rings. The van der Waals surface area contributed by atoms with Gasteiger partial charge >= 0.3 is 0 Å². The number of nitrogens with one attached hydrogen (secondary N) is 1. The molecule has 0 aliphatic rings. The van der Waals surface area contributed by atoms with E-state index in [1.54, 1.807) is 0 Å². The monoisotopic (exact) mass is 351 g/mol. The highest BCUT2D eigenvalue weighted by atomic mass is 35.5. The van der Waals surface area contributed by atoms with Crippen molar-refractivity contribution in [3.05, 3.63) is 94.0 Å². The van der Waals surface area contributed by atoms with Gasteiger partial charge in [-0.1, -0.05) is 59.6 Å². The fourth-order valence-electron chi connectivity index (χ4n) is 2.73. The lowest BCUT2D eigenvalue weighted by Crippen LogP contribution is -2.02. The van der Waals surface area contributed by atoms with Gasteiger partial charge in [0.1, 0.15) is 12.4 Å². The van der Waals surface area contributed by atoms with E-state index in [4.69, 9.17) is 16.3 Å². The number of benzene rings is 3. The maximum absolute atomic E-state index is 6.18. The fraction of sp³-hybridized carbons (Fsp3) is 0.182. The summed E-state index contributed by atoms with van der Waals surface area (Å²) in [4.78, 5) is 0. The third kappa shape index (κ3) is 4.77. The van der Waals surface area contributed by atoms with Gasteiger partial charge in [0.05, 0.1) is 0 Å². The first-order valence-corrected chi connectivity index (χ1v) is 8.76. The molecule has 3 rings (SSSR count). The first-order valence-electron chi connectivity index (χ1n) is 8.38. The highest BCUT2D eigenvalue weighted by Gasteiger charge is 2.03. The molecule has 0 aliphatic heterocycles. The van der Waals surface area contributed by atoms with E-state index in [1.807, 2.05) is 36.4 Å². The highest BCUT2D eigenvalue weighted by molar-refractivity contribution is 6.31. The average molecular weight is 352 g/mol. The number of halogens is 1. The van der Waals surface area contributed by atoms with Gasteiger partial charge in [0.15, 0.2) is 0 Å². The SMILES string of the molecule is Cc1ccc(NCc2cccc(OCc3ccccc3Cl)c2)c(C)c1. The van der Waals surface area contributed by atoms with E-state index in [1.165, 1.54) is 16.7 Å². The predicted octanol–water partition coefficient (Wildman–Crippen LogP) is 6.15. The third-order valence-corrected chi connectivity index (χ3v) is 4.48. The maximum atomic E-state index is 6.18. The Labute approximate surface area is 154 Å². The largest absolute Gasteiger partial charge is 0.489 e. The van der Waals surface area contributed by atoms with Crippen molar-refractivity contribution in [1.29, 1.82) is 0 Å². The Hall–Kier alpha value is -2.45. The molecule has 25 heavy (non-hydrogen) atoms. The first-order chi connectivity index (χ1) is 12.1. The molecule has 3 aromatic rings. The lowest BCUT2D eigenvalue weighted by molar-refractivity contribution is 0.306. The number of aryl methyl sites for hydroxylation is 2. The number of hydrogen-bond donors (Lipinski definition) is 1. The van der Waals surface area contributed by atoms with E-state index < -0.39 is 0 Å². The molecule has 2 nitrogen and oxygen atoms in total. The molecule has 0 saturated heterocycles. The van der Waals surface area contributed by atoms with Gasteiger partial charge in [0.25, 0.3) is 0 Å². The molecule has 0 aromatic heterocycles. The zero-order valence-electron chi connectivity index (χ0n) is 14.6. The van der Waals surface area contributed by atoms with E-state index in [2.05, 4.69) is 49.5 Å². The van der Waals surface area contributed by atoms with Crippen LogP contribution >= 0.6 is 11.6 Å². The van der Waals surface area contributed by atoms with Crippen molar-refractivity contribution in [2.75, 3.05) is 5.32 Å².